The molecule has 2 atom stereocenters. The molecule has 0 aromatic rings. The molecule has 3 heteroatoms. The molecule has 0 bridgehead atoms. The number of nitriles is 1. The molecule has 1 aliphatic rings. The number of hydrogen-bond donors (Lipinski definition) is 1. The first-order chi connectivity index (χ1) is 7.12. The van der Waals surface area contributed by atoms with Crippen LogP contribution in [0.4, 0.5) is 0 Å². The molecule has 1 saturated carbocycles. The van der Waals surface area contributed by atoms with Crippen LogP contribution in [0.25, 0.3) is 0 Å². The molecule has 0 spiro atoms. The van der Waals surface area contributed by atoms with E-state index in [0.717, 1.165) is 19.4 Å². The fraction of sp³-hybridized carbons (Fsp3) is 0.917. The summed E-state index contributed by atoms with van der Waals surface area (Å²) in [5.74, 6) is 0.932. The summed E-state index contributed by atoms with van der Waals surface area (Å²) in [4.78, 5) is 0. The molecule has 0 amide bonds. The van der Waals surface area contributed by atoms with Gasteiger partial charge in [0.1, 0.15) is 5.54 Å². The van der Waals surface area contributed by atoms with Crippen molar-refractivity contribution < 1.29 is 4.74 Å². The number of rotatable bonds is 7. The summed E-state index contributed by atoms with van der Waals surface area (Å²) in [5, 5.41) is 9.01. The minimum absolute atomic E-state index is 0.365. The van der Waals surface area contributed by atoms with Gasteiger partial charge >= 0.3 is 0 Å². The Morgan fingerprint density at radius 3 is 2.73 bits per heavy atom. The van der Waals surface area contributed by atoms with Crippen LogP contribution in [0.3, 0.4) is 0 Å². The third-order valence-electron chi connectivity index (χ3n) is 3.04. The van der Waals surface area contributed by atoms with Gasteiger partial charge in [0.25, 0.3) is 0 Å². The first kappa shape index (κ1) is 12.5. The van der Waals surface area contributed by atoms with E-state index in [-0.39, 0.29) is 0 Å². The lowest BCUT2D eigenvalue weighted by Gasteiger charge is -2.22. The van der Waals surface area contributed by atoms with Gasteiger partial charge in [-0.05, 0) is 31.1 Å². The van der Waals surface area contributed by atoms with E-state index in [9.17, 15) is 0 Å². The lowest BCUT2D eigenvalue weighted by molar-refractivity contribution is 0.0704. The van der Waals surface area contributed by atoms with Gasteiger partial charge in [0.2, 0.25) is 0 Å². The molecule has 0 saturated heterocycles. The zero-order valence-corrected chi connectivity index (χ0v) is 9.83. The summed E-state index contributed by atoms with van der Waals surface area (Å²) >= 11 is 0. The van der Waals surface area contributed by atoms with Gasteiger partial charge in [-0.15, -0.1) is 0 Å². The smallest absolute Gasteiger partial charge is 0.130 e. The molecule has 15 heavy (non-hydrogen) atoms. The molecule has 0 aliphatic heterocycles. The summed E-state index contributed by atoms with van der Waals surface area (Å²) in [6, 6.07) is 2.20. The average Bonchev–Trinajstić information content (AvgIpc) is 3.01. The summed E-state index contributed by atoms with van der Waals surface area (Å²) in [7, 11) is 0. The van der Waals surface area contributed by atoms with Crippen molar-refractivity contribution in [3.63, 3.8) is 0 Å². The van der Waals surface area contributed by atoms with Crippen LogP contribution in [0, 0.1) is 23.2 Å². The van der Waals surface area contributed by atoms with Gasteiger partial charge in [0.05, 0.1) is 12.7 Å². The molecule has 3 nitrogen and oxygen atoms in total. The first-order valence-corrected chi connectivity index (χ1v) is 5.90. The molecule has 0 aromatic carbocycles. The van der Waals surface area contributed by atoms with Crippen LogP contribution in [-0.2, 0) is 4.74 Å². The number of ether oxygens (including phenoxy) is 1. The van der Waals surface area contributed by atoms with Crippen molar-refractivity contribution in [2.45, 2.75) is 45.1 Å². The zero-order valence-electron chi connectivity index (χ0n) is 9.83. The van der Waals surface area contributed by atoms with Crippen molar-refractivity contribution in [2.75, 3.05) is 13.2 Å². The molecule has 0 radical (unpaired) electrons. The first-order valence-electron chi connectivity index (χ1n) is 5.90. The van der Waals surface area contributed by atoms with Crippen molar-refractivity contribution in [2.24, 2.45) is 17.6 Å². The van der Waals surface area contributed by atoms with Crippen LogP contribution in [-0.4, -0.2) is 18.8 Å². The fourth-order valence-corrected chi connectivity index (χ4v) is 1.84. The molecule has 0 heterocycles. The summed E-state index contributed by atoms with van der Waals surface area (Å²) in [6.45, 7) is 5.46. The highest BCUT2D eigenvalue weighted by molar-refractivity contribution is 5.13. The van der Waals surface area contributed by atoms with Gasteiger partial charge < -0.3 is 10.5 Å². The number of nitrogens with zero attached hydrogens (tertiary/aromatic N) is 1. The molecule has 1 aliphatic carbocycles. The zero-order chi connectivity index (χ0) is 11.3. The van der Waals surface area contributed by atoms with E-state index in [2.05, 4.69) is 19.9 Å². The maximum atomic E-state index is 9.01. The second-order valence-corrected chi connectivity index (χ2v) is 4.84. The van der Waals surface area contributed by atoms with Gasteiger partial charge in [0.15, 0.2) is 0 Å². The van der Waals surface area contributed by atoms with E-state index >= 15 is 0 Å². The summed E-state index contributed by atoms with van der Waals surface area (Å²) in [5.41, 5.74) is 5.25. The van der Waals surface area contributed by atoms with Crippen LogP contribution in [0.15, 0.2) is 0 Å². The van der Waals surface area contributed by atoms with E-state index in [1.807, 2.05) is 0 Å². The Hall–Kier alpha value is -0.590. The Kier molecular flexibility index (Phi) is 4.56. The third-order valence-corrected chi connectivity index (χ3v) is 3.04. The molecule has 1 fully saturated rings. The predicted octanol–water partition coefficient (Wildman–Crippen LogP) is 2.07. The van der Waals surface area contributed by atoms with Gasteiger partial charge in [-0.2, -0.15) is 5.26 Å². The van der Waals surface area contributed by atoms with Crippen LogP contribution in [0.1, 0.15) is 39.5 Å². The topological polar surface area (TPSA) is 59.0 Å². The summed E-state index contributed by atoms with van der Waals surface area (Å²) in [6.07, 6.45) is 4.52. The van der Waals surface area contributed by atoms with E-state index < -0.39 is 5.54 Å². The van der Waals surface area contributed by atoms with Gasteiger partial charge in [-0.25, -0.2) is 0 Å². The van der Waals surface area contributed by atoms with Crippen molar-refractivity contribution >= 4 is 0 Å². The Morgan fingerprint density at radius 2 is 2.27 bits per heavy atom. The van der Waals surface area contributed by atoms with Gasteiger partial charge in [0, 0.05) is 6.61 Å². The minimum atomic E-state index is -0.730. The molecule has 0 aromatic heterocycles. The summed E-state index contributed by atoms with van der Waals surface area (Å²) < 4.78 is 5.56. The van der Waals surface area contributed by atoms with Crippen molar-refractivity contribution in [1.82, 2.24) is 0 Å². The standard InChI is InChI=1S/C12H22N2O/c1-3-4-10(2)7-15-9-12(14,8-13)11-5-6-11/h10-11H,3-7,9,14H2,1-2H3. The maximum absolute atomic E-state index is 9.01. The molecule has 2 N–H and O–H groups in total. The normalized spacial score (nSPS) is 21.7. The predicted molar refractivity (Wildman–Crippen MR) is 60.1 cm³/mol. The van der Waals surface area contributed by atoms with Crippen LogP contribution in [0.2, 0.25) is 0 Å². The van der Waals surface area contributed by atoms with E-state index in [1.165, 1.54) is 12.8 Å². The number of hydrogen-bond acceptors (Lipinski definition) is 3. The van der Waals surface area contributed by atoms with Gasteiger partial charge in [-0.3, -0.25) is 0 Å². The SMILES string of the molecule is CCCC(C)COCC(N)(C#N)C1CC1. The lowest BCUT2D eigenvalue weighted by Crippen LogP contribution is -2.45. The van der Waals surface area contributed by atoms with Crippen LogP contribution < -0.4 is 5.73 Å². The molecule has 2 unspecified atom stereocenters. The Morgan fingerprint density at radius 1 is 1.60 bits per heavy atom. The van der Waals surface area contributed by atoms with Crippen molar-refractivity contribution in [3.05, 3.63) is 0 Å². The average molecular weight is 210 g/mol. The molecular weight excluding hydrogens is 188 g/mol. The minimum Gasteiger partial charge on any atom is -0.378 e. The highest BCUT2D eigenvalue weighted by Crippen LogP contribution is 2.38. The largest absolute Gasteiger partial charge is 0.378 e. The van der Waals surface area contributed by atoms with Crippen LogP contribution >= 0.6 is 0 Å². The lowest BCUT2D eigenvalue weighted by atomic mass is 9.98. The second-order valence-electron chi connectivity index (χ2n) is 4.84. The Balaban J connectivity index is 2.20. The molecule has 86 valence electrons. The van der Waals surface area contributed by atoms with Crippen molar-refractivity contribution in [1.29, 1.82) is 5.26 Å². The van der Waals surface area contributed by atoms with E-state index in [0.29, 0.717) is 18.4 Å². The monoisotopic (exact) mass is 210 g/mol. The Labute approximate surface area is 92.6 Å². The maximum Gasteiger partial charge on any atom is 0.130 e. The highest BCUT2D eigenvalue weighted by atomic mass is 16.5. The van der Waals surface area contributed by atoms with E-state index in [4.69, 9.17) is 15.7 Å². The van der Waals surface area contributed by atoms with E-state index in [1.54, 1.807) is 0 Å². The van der Waals surface area contributed by atoms with Crippen LogP contribution in [0.5, 0.6) is 0 Å². The van der Waals surface area contributed by atoms with Gasteiger partial charge in [-0.1, -0.05) is 20.3 Å². The third kappa shape index (κ3) is 3.81. The fourth-order valence-electron chi connectivity index (χ4n) is 1.84. The Bertz CT molecular complexity index is 232. The quantitative estimate of drug-likeness (QED) is 0.699. The second kappa shape index (κ2) is 5.48. The molecule has 1 rings (SSSR count). The van der Waals surface area contributed by atoms with Crippen molar-refractivity contribution in [3.8, 4) is 6.07 Å². The number of nitrogens with two attached hydrogens (primary N) is 1. The highest BCUT2D eigenvalue weighted by Gasteiger charge is 2.42. The molecular formula is C12H22N2O.